The first-order chi connectivity index (χ1) is 6.19. The summed E-state index contributed by atoms with van der Waals surface area (Å²) in [5.41, 5.74) is 2.73. The number of anilines is 1. The van der Waals surface area contributed by atoms with Gasteiger partial charge in [0.25, 0.3) is 0 Å². The molecule has 0 unspecified atom stereocenters. The highest BCUT2D eigenvalue weighted by Crippen LogP contribution is 2.20. The van der Waals surface area contributed by atoms with Gasteiger partial charge in [-0.1, -0.05) is 0 Å². The predicted molar refractivity (Wildman–Crippen MR) is 55.0 cm³/mol. The van der Waals surface area contributed by atoms with Crippen molar-refractivity contribution in [3.05, 3.63) is 23.8 Å². The van der Waals surface area contributed by atoms with Crippen LogP contribution in [0.3, 0.4) is 0 Å². The molecule has 0 saturated carbocycles. The molecule has 0 saturated heterocycles. The summed E-state index contributed by atoms with van der Waals surface area (Å²) < 4.78 is 4.87. The van der Waals surface area contributed by atoms with E-state index in [4.69, 9.17) is 15.7 Å². The van der Waals surface area contributed by atoms with Crippen molar-refractivity contribution in [2.75, 3.05) is 12.5 Å². The van der Waals surface area contributed by atoms with Crippen LogP contribution in [0.5, 0.6) is 5.75 Å². The zero-order valence-corrected chi connectivity index (χ0v) is 8.30. The Hall–Kier alpha value is -1.46. The molecule has 14 heavy (non-hydrogen) atoms. The highest BCUT2D eigenvalue weighted by Gasteiger charge is 2.09. The Morgan fingerprint density at radius 2 is 2.21 bits per heavy atom. The number of hydrogen-bond acceptors (Lipinski definition) is 4. The number of methoxy groups -OCH3 is 1. The van der Waals surface area contributed by atoms with Crippen molar-refractivity contribution in [3.63, 3.8) is 0 Å². The third kappa shape index (κ3) is 2.51. The number of nitrogens with two attached hydrogens (primary N) is 1. The predicted octanol–water partition coefficient (Wildman–Crippen LogP) is 1.10. The zero-order chi connectivity index (χ0) is 9.84. The van der Waals surface area contributed by atoms with Crippen LogP contribution >= 0.6 is 12.4 Å². The van der Waals surface area contributed by atoms with Gasteiger partial charge in [0, 0.05) is 0 Å². The summed E-state index contributed by atoms with van der Waals surface area (Å²) in [6.07, 6.45) is 0. The van der Waals surface area contributed by atoms with Crippen LogP contribution in [0.25, 0.3) is 0 Å². The Morgan fingerprint density at radius 3 is 2.64 bits per heavy atom. The van der Waals surface area contributed by atoms with Crippen LogP contribution in [0.2, 0.25) is 0 Å². The van der Waals surface area contributed by atoms with Crippen LogP contribution in [0.15, 0.2) is 18.2 Å². The Morgan fingerprint density at radius 1 is 1.57 bits per heavy atom. The molecular weight excluding hydrogens is 208 g/mol. The maximum absolute atomic E-state index is 10.7. The molecule has 0 spiro atoms. The summed E-state index contributed by atoms with van der Waals surface area (Å²) in [5, 5.41) is 8.77. The van der Waals surface area contributed by atoms with Crippen molar-refractivity contribution in [1.82, 2.24) is 0 Å². The van der Waals surface area contributed by atoms with Crippen molar-refractivity contribution in [3.8, 4) is 5.75 Å². The second-order valence-corrected chi connectivity index (χ2v) is 2.36. The lowest BCUT2D eigenvalue weighted by molar-refractivity contribution is 0.0697. The normalized spacial score (nSPS) is 8.71. The molecule has 0 amide bonds. The molecule has 78 valence electrons. The number of nitrogens with one attached hydrogen (secondary N) is 1. The fraction of sp³-hybridized carbons (Fsp3) is 0.125. The highest BCUT2D eigenvalue weighted by atomic mass is 35.5. The van der Waals surface area contributed by atoms with E-state index in [1.54, 1.807) is 12.1 Å². The molecule has 1 aromatic rings. The van der Waals surface area contributed by atoms with Gasteiger partial charge >= 0.3 is 5.97 Å². The van der Waals surface area contributed by atoms with Gasteiger partial charge < -0.3 is 15.3 Å². The maximum Gasteiger partial charge on any atom is 0.337 e. The number of hydrogen-bond donors (Lipinski definition) is 3. The quantitative estimate of drug-likeness (QED) is 0.523. The Labute approximate surface area is 87.2 Å². The number of rotatable bonds is 3. The molecule has 0 aliphatic carbocycles. The lowest BCUT2D eigenvalue weighted by Crippen LogP contribution is -2.11. The number of carbonyl (C=O) groups is 1. The molecule has 0 radical (unpaired) electrons. The molecule has 6 heteroatoms. The maximum atomic E-state index is 10.7. The molecule has 0 heterocycles. The first kappa shape index (κ1) is 12.5. The van der Waals surface area contributed by atoms with Crippen LogP contribution in [-0.2, 0) is 0 Å². The molecule has 1 aromatic carbocycles. The molecule has 0 aromatic heterocycles. The van der Waals surface area contributed by atoms with Crippen molar-refractivity contribution in [2.45, 2.75) is 0 Å². The third-order valence-electron chi connectivity index (χ3n) is 1.61. The molecule has 0 fully saturated rings. The molecule has 0 aliphatic rings. The van der Waals surface area contributed by atoms with Crippen LogP contribution < -0.4 is 16.0 Å². The fourth-order valence-corrected chi connectivity index (χ4v) is 0.953. The number of carboxylic acid groups (broad SMARTS) is 1. The average Bonchev–Trinajstić information content (AvgIpc) is 2.16. The number of carboxylic acids is 1. The van der Waals surface area contributed by atoms with E-state index in [9.17, 15) is 4.79 Å². The highest BCUT2D eigenvalue weighted by molar-refractivity contribution is 5.94. The first-order valence-corrected chi connectivity index (χ1v) is 3.57. The summed E-state index contributed by atoms with van der Waals surface area (Å²) in [4.78, 5) is 10.7. The summed E-state index contributed by atoms with van der Waals surface area (Å²) in [7, 11) is 1.47. The molecule has 0 aliphatic heterocycles. The topological polar surface area (TPSA) is 84.6 Å². The molecule has 0 bridgehead atoms. The Kier molecular flexibility index (Phi) is 4.76. The Bertz CT molecular complexity index is 330. The van der Waals surface area contributed by atoms with E-state index >= 15 is 0 Å². The van der Waals surface area contributed by atoms with Gasteiger partial charge in [-0.05, 0) is 18.2 Å². The van der Waals surface area contributed by atoms with E-state index in [1.165, 1.54) is 13.2 Å². The second-order valence-electron chi connectivity index (χ2n) is 2.36. The van der Waals surface area contributed by atoms with Gasteiger partial charge in [-0.15, -0.1) is 12.4 Å². The molecule has 5 nitrogen and oxygen atoms in total. The van der Waals surface area contributed by atoms with Crippen molar-refractivity contribution in [2.24, 2.45) is 5.84 Å². The standard InChI is InChI=1S/C8H10N2O3.ClH/c1-13-5-2-3-7(10-9)6(4-5)8(11)12;/h2-4,10H,9H2,1H3,(H,11,12);1H. The summed E-state index contributed by atoms with van der Waals surface area (Å²) >= 11 is 0. The number of ether oxygens (including phenoxy) is 1. The van der Waals surface area contributed by atoms with E-state index in [0.29, 0.717) is 11.4 Å². The fourth-order valence-electron chi connectivity index (χ4n) is 0.953. The Balaban J connectivity index is 0.00000169. The molecule has 1 rings (SSSR count). The largest absolute Gasteiger partial charge is 0.497 e. The summed E-state index contributed by atoms with van der Waals surface area (Å²) in [6, 6.07) is 4.57. The number of benzene rings is 1. The van der Waals surface area contributed by atoms with E-state index in [0.717, 1.165) is 0 Å². The second kappa shape index (κ2) is 5.31. The van der Waals surface area contributed by atoms with Gasteiger partial charge in [-0.3, -0.25) is 5.84 Å². The molecule has 4 N–H and O–H groups in total. The number of aromatic carboxylic acids is 1. The minimum absolute atomic E-state index is 0. The SMILES string of the molecule is COc1ccc(NN)c(C(=O)O)c1.Cl. The number of nitrogen functional groups attached to an aromatic ring is 1. The minimum Gasteiger partial charge on any atom is -0.497 e. The van der Waals surface area contributed by atoms with Gasteiger partial charge in [0.15, 0.2) is 0 Å². The van der Waals surface area contributed by atoms with Gasteiger partial charge in [0.1, 0.15) is 5.75 Å². The van der Waals surface area contributed by atoms with E-state index in [2.05, 4.69) is 5.43 Å². The van der Waals surface area contributed by atoms with Crippen LogP contribution in [-0.4, -0.2) is 18.2 Å². The summed E-state index contributed by atoms with van der Waals surface area (Å²) in [5.74, 6) is 4.56. The van der Waals surface area contributed by atoms with E-state index in [1.807, 2.05) is 0 Å². The van der Waals surface area contributed by atoms with Crippen LogP contribution in [0.1, 0.15) is 10.4 Å². The minimum atomic E-state index is -1.05. The third-order valence-corrected chi connectivity index (χ3v) is 1.61. The van der Waals surface area contributed by atoms with E-state index in [-0.39, 0.29) is 18.0 Å². The smallest absolute Gasteiger partial charge is 0.337 e. The first-order valence-electron chi connectivity index (χ1n) is 3.57. The van der Waals surface area contributed by atoms with Crippen molar-refractivity contribution >= 4 is 24.1 Å². The van der Waals surface area contributed by atoms with Gasteiger partial charge in [-0.2, -0.15) is 0 Å². The lowest BCUT2D eigenvalue weighted by Gasteiger charge is -2.06. The molecule has 0 atom stereocenters. The van der Waals surface area contributed by atoms with Crippen molar-refractivity contribution < 1.29 is 14.6 Å². The van der Waals surface area contributed by atoms with E-state index < -0.39 is 5.97 Å². The molecular formula is C8H11ClN2O3. The number of hydrazine groups is 1. The average molecular weight is 219 g/mol. The zero-order valence-electron chi connectivity index (χ0n) is 7.48. The van der Waals surface area contributed by atoms with Gasteiger partial charge in [-0.25, -0.2) is 4.79 Å². The lowest BCUT2D eigenvalue weighted by atomic mass is 10.2. The van der Waals surface area contributed by atoms with Gasteiger partial charge in [0.2, 0.25) is 0 Å². The van der Waals surface area contributed by atoms with Gasteiger partial charge in [0.05, 0.1) is 18.4 Å². The summed E-state index contributed by atoms with van der Waals surface area (Å²) in [6.45, 7) is 0. The number of halogens is 1. The van der Waals surface area contributed by atoms with Crippen LogP contribution in [0, 0.1) is 0 Å². The monoisotopic (exact) mass is 218 g/mol. The van der Waals surface area contributed by atoms with Crippen LogP contribution in [0.4, 0.5) is 5.69 Å². The van der Waals surface area contributed by atoms with Crippen molar-refractivity contribution in [1.29, 1.82) is 0 Å².